The third-order valence-electron chi connectivity index (χ3n) is 1.85. The summed E-state index contributed by atoms with van der Waals surface area (Å²) in [5.74, 6) is -0.564. The van der Waals surface area contributed by atoms with Crippen molar-refractivity contribution < 1.29 is 12.8 Å². The fraction of sp³-hybridized carbons (Fsp3) is 0.143. The Hall–Kier alpha value is -0.460. The molecule has 2 rings (SSSR count). The lowest BCUT2D eigenvalue weighted by Crippen LogP contribution is -2.13. The molecule has 0 radical (unpaired) electrons. The van der Waals surface area contributed by atoms with Gasteiger partial charge in [0.05, 0.1) is 9.37 Å². The predicted octanol–water partition coefficient (Wildman–Crippen LogP) is 1.38. The molecule has 1 heterocycles. The minimum Gasteiger partial charge on any atom is -0.207 e. The van der Waals surface area contributed by atoms with Crippen molar-refractivity contribution in [1.29, 1.82) is 0 Å². The SMILES string of the molecule is O=S1(=O)NCc2cc(Br)c(F)cc21. The minimum absolute atomic E-state index is 0.0354. The fourth-order valence-corrected chi connectivity index (χ4v) is 2.84. The van der Waals surface area contributed by atoms with Crippen LogP contribution >= 0.6 is 15.9 Å². The summed E-state index contributed by atoms with van der Waals surface area (Å²) in [5, 5.41) is 0. The summed E-state index contributed by atoms with van der Waals surface area (Å²) in [6.45, 7) is 0.233. The zero-order valence-electron chi connectivity index (χ0n) is 6.34. The zero-order valence-corrected chi connectivity index (χ0v) is 8.74. The molecule has 0 bridgehead atoms. The van der Waals surface area contributed by atoms with E-state index in [4.69, 9.17) is 0 Å². The highest BCUT2D eigenvalue weighted by atomic mass is 79.9. The maximum Gasteiger partial charge on any atom is 0.241 e. The summed E-state index contributed by atoms with van der Waals surface area (Å²) in [6, 6.07) is 2.50. The number of rotatable bonds is 0. The normalized spacial score (nSPS) is 18.6. The van der Waals surface area contributed by atoms with E-state index in [0.717, 1.165) is 6.07 Å². The van der Waals surface area contributed by atoms with Crippen LogP contribution < -0.4 is 4.72 Å². The summed E-state index contributed by atoms with van der Waals surface area (Å²) in [5.41, 5.74) is 0.591. The Balaban J connectivity index is 2.75. The molecule has 1 N–H and O–H groups in total. The van der Waals surface area contributed by atoms with E-state index in [1.165, 1.54) is 6.07 Å². The molecule has 6 heteroatoms. The molecule has 0 spiro atoms. The van der Waals surface area contributed by atoms with Crippen molar-refractivity contribution in [3.05, 3.63) is 28.0 Å². The van der Waals surface area contributed by atoms with Crippen molar-refractivity contribution in [2.45, 2.75) is 11.4 Å². The van der Waals surface area contributed by atoms with Crippen LogP contribution in [0.25, 0.3) is 0 Å². The number of hydrogen-bond donors (Lipinski definition) is 1. The third kappa shape index (κ3) is 1.38. The monoisotopic (exact) mass is 265 g/mol. The lowest BCUT2D eigenvalue weighted by molar-refractivity contribution is 0.586. The number of benzene rings is 1. The molecule has 0 amide bonds. The van der Waals surface area contributed by atoms with Crippen LogP contribution in [0.3, 0.4) is 0 Å². The molecule has 0 aliphatic carbocycles. The maximum absolute atomic E-state index is 13.0. The highest BCUT2D eigenvalue weighted by Crippen LogP contribution is 2.27. The number of fused-ring (bicyclic) bond motifs is 1. The molecular weight excluding hydrogens is 261 g/mol. The number of nitrogens with one attached hydrogen (secondary N) is 1. The van der Waals surface area contributed by atoms with Crippen LogP contribution in [0.4, 0.5) is 4.39 Å². The Labute approximate surface area is 83.1 Å². The van der Waals surface area contributed by atoms with Crippen LogP contribution in [0.15, 0.2) is 21.5 Å². The molecule has 0 unspecified atom stereocenters. The van der Waals surface area contributed by atoms with Crippen molar-refractivity contribution in [3.63, 3.8) is 0 Å². The molecule has 70 valence electrons. The molecule has 0 fully saturated rings. The van der Waals surface area contributed by atoms with Gasteiger partial charge < -0.3 is 0 Å². The molecule has 13 heavy (non-hydrogen) atoms. The van der Waals surface area contributed by atoms with Gasteiger partial charge >= 0.3 is 0 Å². The molecule has 0 saturated carbocycles. The second kappa shape index (κ2) is 2.76. The highest BCUT2D eigenvalue weighted by molar-refractivity contribution is 9.10. The average Bonchev–Trinajstić information content (AvgIpc) is 2.31. The Bertz CT molecular complexity index is 472. The number of hydrogen-bond acceptors (Lipinski definition) is 2. The predicted molar refractivity (Wildman–Crippen MR) is 48.1 cm³/mol. The van der Waals surface area contributed by atoms with Gasteiger partial charge in [0.1, 0.15) is 5.82 Å². The highest BCUT2D eigenvalue weighted by Gasteiger charge is 2.26. The largest absolute Gasteiger partial charge is 0.241 e. The first-order chi connectivity index (χ1) is 6.00. The van der Waals surface area contributed by atoms with Gasteiger partial charge in [-0.25, -0.2) is 17.5 Å². The number of sulfonamides is 1. The second-order valence-electron chi connectivity index (χ2n) is 2.70. The van der Waals surface area contributed by atoms with E-state index < -0.39 is 15.8 Å². The molecule has 1 aliphatic rings. The maximum atomic E-state index is 13.0. The van der Waals surface area contributed by atoms with Crippen molar-refractivity contribution in [2.24, 2.45) is 0 Å². The molecule has 1 aliphatic heterocycles. The zero-order chi connectivity index (χ0) is 9.64. The topological polar surface area (TPSA) is 46.2 Å². The van der Waals surface area contributed by atoms with E-state index >= 15 is 0 Å². The van der Waals surface area contributed by atoms with Crippen LogP contribution in [-0.4, -0.2) is 8.42 Å². The fourth-order valence-electron chi connectivity index (χ4n) is 1.21. The van der Waals surface area contributed by atoms with Crippen LogP contribution in [0.5, 0.6) is 0 Å². The van der Waals surface area contributed by atoms with Crippen LogP contribution in [0.1, 0.15) is 5.56 Å². The lowest BCUT2D eigenvalue weighted by Gasteiger charge is -1.98. The van der Waals surface area contributed by atoms with E-state index in [2.05, 4.69) is 20.7 Å². The van der Waals surface area contributed by atoms with Gasteiger partial charge in [0.2, 0.25) is 10.0 Å². The standard InChI is InChI=1S/C7H5BrFNO2S/c8-5-1-4-3-10-13(11,12)7(4)2-6(5)9/h1-2,10H,3H2. The summed E-state index contributed by atoms with van der Waals surface area (Å²) >= 11 is 2.99. The van der Waals surface area contributed by atoms with E-state index in [9.17, 15) is 12.8 Å². The van der Waals surface area contributed by atoms with Gasteiger partial charge in [-0.05, 0) is 33.6 Å². The second-order valence-corrected chi connectivity index (χ2v) is 5.29. The number of halogens is 2. The van der Waals surface area contributed by atoms with Crippen LogP contribution in [0.2, 0.25) is 0 Å². The Morgan fingerprint density at radius 1 is 1.46 bits per heavy atom. The van der Waals surface area contributed by atoms with Crippen LogP contribution in [-0.2, 0) is 16.6 Å². The first-order valence-electron chi connectivity index (χ1n) is 3.48. The van der Waals surface area contributed by atoms with Gasteiger partial charge in [0.25, 0.3) is 0 Å². The minimum atomic E-state index is -3.46. The average molecular weight is 266 g/mol. The van der Waals surface area contributed by atoms with Crippen LogP contribution in [0, 0.1) is 5.82 Å². The first-order valence-corrected chi connectivity index (χ1v) is 5.76. The molecule has 3 nitrogen and oxygen atoms in total. The third-order valence-corrected chi connectivity index (χ3v) is 3.94. The molecule has 0 aromatic heterocycles. The summed E-state index contributed by atoms with van der Waals surface area (Å²) in [6.07, 6.45) is 0. The smallest absolute Gasteiger partial charge is 0.207 e. The van der Waals surface area contributed by atoms with E-state index in [0.29, 0.717) is 5.56 Å². The van der Waals surface area contributed by atoms with Gasteiger partial charge in [0, 0.05) is 6.54 Å². The summed E-state index contributed by atoms with van der Waals surface area (Å²) < 4.78 is 38.0. The molecule has 0 atom stereocenters. The molecule has 1 aromatic rings. The lowest BCUT2D eigenvalue weighted by atomic mass is 10.2. The Kier molecular flexibility index (Phi) is 1.94. The Morgan fingerprint density at radius 2 is 2.15 bits per heavy atom. The molecule has 0 saturated heterocycles. The van der Waals surface area contributed by atoms with E-state index in [-0.39, 0.29) is 15.9 Å². The van der Waals surface area contributed by atoms with Gasteiger partial charge in [-0.15, -0.1) is 0 Å². The van der Waals surface area contributed by atoms with Crippen molar-refractivity contribution in [1.82, 2.24) is 4.72 Å². The molecule has 1 aromatic carbocycles. The van der Waals surface area contributed by atoms with Gasteiger partial charge in [-0.1, -0.05) is 0 Å². The summed E-state index contributed by atoms with van der Waals surface area (Å²) in [4.78, 5) is 0.0354. The van der Waals surface area contributed by atoms with Gasteiger partial charge in [-0.2, -0.15) is 0 Å². The molecular formula is C7H5BrFNO2S. The van der Waals surface area contributed by atoms with Crippen molar-refractivity contribution in [3.8, 4) is 0 Å². The van der Waals surface area contributed by atoms with Crippen molar-refractivity contribution in [2.75, 3.05) is 0 Å². The van der Waals surface area contributed by atoms with Gasteiger partial charge in [-0.3, -0.25) is 0 Å². The van der Waals surface area contributed by atoms with E-state index in [1.54, 1.807) is 0 Å². The van der Waals surface area contributed by atoms with Gasteiger partial charge in [0.15, 0.2) is 0 Å². The van der Waals surface area contributed by atoms with E-state index in [1.807, 2.05) is 0 Å². The quantitative estimate of drug-likeness (QED) is 0.771. The summed E-state index contributed by atoms with van der Waals surface area (Å²) in [7, 11) is -3.46. The van der Waals surface area contributed by atoms with Crippen molar-refractivity contribution >= 4 is 26.0 Å². The first kappa shape index (κ1) is 9.11. The Morgan fingerprint density at radius 3 is 2.85 bits per heavy atom.